The summed E-state index contributed by atoms with van der Waals surface area (Å²) < 4.78 is 0. The number of phenolic OH excluding ortho intramolecular Hbond substituents is 1. The number of carbonyl (C=O) groups excluding carboxylic acids is 3. The maximum Gasteiger partial charge on any atom is 0.261 e. The smallest absolute Gasteiger partial charge is 0.261 e. The van der Waals surface area contributed by atoms with Crippen LogP contribution in [-0.4, -0.2) is 33.8 Å². The van der Waals surface area contributed by atoms with E-state index in [-0.39, 0.29) is 40.4 Å². The van der Waals surface area contributed by atoms with Crippen molar-refractivity contribution < 1.29 is 19.5 Å². The van der Waals surface area contributed by atoms with Gasteiger partial charge in [-0.1, -0.05) is 31.9 Å². The van der Waals surface area contributed by atoms with Crippen LogP contribution in [0.15, 0.2) is 36.4 Å². The van der Waals surface area contributed by atoms with E-state index in [1.807, 2.05) is 20.8 Å². The van der Waals surface area contributed by atoms with Crippen LogP contribution in [0.4, 0.5) is 5.69 Å². The molecule has 2 aromatic carbocycles. The number of phenols is 1. The van der Waals surface area contributed by atoms with Crippen molar-refractivity contribution in [1.29, 1.82) is 0 Å². The zero-order valence-corrected chi connectivity index (χ0v) is 16.6. The minimum atomic E-state index is -0.519. The number of imide groups is 1. The summed E-state index contributed by atoms with van der Waals surface area (Å²) in [5.74, 6) is -1.22. The highest BCUT2D eigenvalue weighted by Crippen LogP contribution is 2.30. The molecular formula is C21H21ClN2O4. The maximum atomic E-state index is 12.8. The summed E-state index contributed by atoms with van der Waals surface area (Å²) in [5.41, 5.74) is 0.871. The van der Waals surface area contributed by atoms with Gasteiger partial charge in [-0.25, -0.2) is 0 Å². The van der Waals surface area contributed by atoms with Gasteiger partial charge in [-0.3, -0.25) is 19.3 Å². The fourth-order valence-corrected chi connectivity index (χ4v) is 3.34. The van der Waals surface area contributed by atoms with Gasteiger partial charge in [0.1, 0.15) is 5.75 Å². The molecular weight excluding hydrogens is 380 g/mol. The number of amides is 3. The molecule has 2 aromatic rings. The summed E-state index contributed by atoms with van der Waals surface area (Å²) in [6.45, 7) is 5.85. The van der Waals surface area contributed by atoms with E-state index >= 15 is 0 Å². The predicted molar refractivity (Wildman–Crippen MR) is 107 cm³/mol. The predicted octanol–water partition coefficient (Wildman–Crippen LogP) is 4.33. The number of fused-ring (bicyclic) bond motifs is 1. The molecule has 6 nitrogen and oxygen atoms in total. The van der Waals surface area contributed by atoms with Gasteiger partial charge < -0.3 is 10.4 Å². The molecule has 2 unspecified atom stereocenters. The molecule has 3 rings (SSSR count). The Morgan fingerprint density at radius 3 is 2.46 bits per heavy atom. The highest BCUT2D eigenvalue weighted by atomic mass is 35.5. The average molecular weight is 401 g/mol. The Bertz CT molecular complexity index is 973. The number of nitrogens with zero attached hydrogens (tertiary/aromatic N) is 1. The van der Waals surface area contributed by atoms with Gasteiger partial charge in [0.15, 0.2) is 0 Å². The van der Waals surface area contributed by atoms with E-state index in [2.05, 4.69) is 5.32 Å². The number of rotatable bonds is 5. The molecule has 0 saturated heterocycles. The van der Waals surface area contributed by atoms with Crippen molar-refractivity contribution in [1.82, 2.24) is 4.90 Å². The number of aromatic hydroxyl groups is 1. The Hall–Kier alpha value is -2.86. The van der Waals surface area contributed by atoms with Crippen LogP contribution in [-0.2, 0) is 0 Å². The Morgan fingerprint density at radius 1 is 1.11 bits per heavy atom. The van der Waals surface area contributed by atoms with E-state index in [0.29, 0.717) is 10.6 Å². The van der Waals surface area contributed by atoms with Crippen LogP contribution < -0.4 is 5.32 Å². The standard InChI is InChI=1S/C21H21ClN2O4/c1-4-11(2)12(3)24-20(27)15-7-5-13(9-16(15)21(24)28)19(26)23-17-10-14(22)6-8-18(17)25/h5-12,25H,4H2,1-3H3,(H,23,26). The summed E-state index contributed by atoms with van der Waals surface area (Å²) in [6, 6.07) is 8.45. The molecule has 0 fully saturated rings. The molecule has 1 heterocycles. The first-order valence-electron chi connectivity index (χ1n) is 9.06. The average Bonchev–Trinajstić information content (AvgIpc) is 2.93. The van der Waals surface area contributed by atoms with Gasteiger partial charge in [-0.2, -0.15) is 0 Å². The van der Waals surface area contributed by atoms with Crippen molar-refractivity contribution in [3.05, 3.63) is 58.1 Å². The number of carbonyl (C=O) groups is 3. The van der Waals surface area contributed by atoms with Crippen LogP contribution in [0, 0.1) is 5.92 Å². The monoisotopic (exact) mass is 400 g/mol. The minimum Gasteiger partial charge on any atom is -0.506 e. The van der Waals surface area contributed by atoms with Crippen LogP contribution in [0.5, 0.6) is 5.75 Å². The van der Waals surface area contributed by atoms with Crippen LogP contribution in [0.1, 0.15) is 58.3 Å². The Kier molecular flexibility index (Phi) is 5.42. The first-order valence-corrected chi connectivity index (χ1v) is 9.44. The van der Waals surface area contributed by atoms with Gasteiger partial charge in [-0.15, -0.1) is 0 Å². The molecule has 0 aliphatic carbocycles. The zero-order valence-electron chi connectivity index (χ0n) is 15.8. The molecule has 28 heavy (non-hydrogen) atoms. The number of hydrogen-bond acceptors (Lipinski definition) is 4. The van der Waals surface area contributed by atoms with Crippen LogP contribution in [0.25, 0.3) is 0 Å². The number of nitrogens with one attached hydrogen (secondary N) is 1. The number of hydrogen-bond donors (Lipinski definition) is 2. The fraction of sp³-hybridized carbons (Fsp3) is 0.286. The number of halogens is 1. The molecule has 7 heteroatoms. The summed E-state index contributed by atoms with van der Waals surface area (Å²) in [4.78, 5) is 39.3. The molecule has 0 saturated carbocycles. The van der Waals surface area contributed by atoms with Crippen LogP contribution in [0.2, 0.25) is 5.02 Å². The van der Waals surface area contributed by atoms with Crippen molar-refractivity contribution in [3.8, 4) is 5.75 Å². The molecule has 1 aliphatic heterocycles. The van der Waals surface area contributed by atoms with E-state index in [9.17, 15) is 19.5 Å². The molecule has 1 aliphatic rings. The summed E-state index contributed by atoms with van der Waals surface area (Å²) in [6.07, 6.45) is 0.839. The van der Waals surface area contributed by atoms with E-state index < -0.39 is 11.8 Å². The lowest BCUT2D eigenvalue weighted by Gasteiger charge is -2.27. The molecule has 0 aromatic heterocycles. The molecule has 2 atom stereocenters. The van der Waals surface area contributed by atoms with Gasteiger partial charge in [0.25, 0.3) is 17.7 Å². The molecule has 0 spiro atoms. The summed E-state index contributed by atoms with van der Waals surface area (Å²) >= 11 is 5.89. The van der Waals surface area contributed by atoms with E-state index in [4.69, 9.17) is 11.6 Å². The van der Waals surface area contributed by atoms with Gasteiger partial charge in [0.2, 0.25) is 0 Å². The lowest BCUT2D eigenvalue weighted by Crippen LogP contribution is -2.41. The van der Waals surface area contributed by atoms with Gasteiger partial charge >= 0.3 is 0 Å². The van der Waals surface area contributed by atoms with Crippen molar-refractivity contribution in [2.24, 2.45) is 5.92 Å². The third-order valence-electron chi connectivity index (χ3n) is 5.26. The second kappa shape index (κ2) is 7.64. The summed E-state index contributed by atoms with van der Waals surface area (Å²) in [7, 11) is 0. The Balaban J connectivity index is 1.88. The molecule has 146 valence electrons. The number of anilines is 1. The quantitative estimate of drug-likeness (QED) is 0.577. The third-order valence-corrected chi connectivity index (χ3v) is 5.50. The van der Waals surface area contributed by atoms with Crippen molar-refractivity contribution in [2.45, 2.75) is 33.2 Å². The third kappa shape index (κ3) is 3.47. The largest absolute Gasteiger partial charge is 0.506 e. The maximum absolute atomic E-state index is 12.8. The number of benzene rings is 2. The van der Waals surface area contributed by atoms with E-state index in [1.54, 1.807) is 0 Å². The van der Waals surface area contributed by atoms with Gasteiger partial charge in [0, 0.05) is 16.6 Å². The topological polar surface area (TPSA) is 86.7 Å². The van der Waals surface area contributed by atoms with E-state index in [1.165, 1.54) is 41.3 Å². The van der Waals surface area contributed by atoms with Gasteiger partial charge in [-0.05, 0) is 49.2 Å². The highest BCUT2D eigenvalue weighted by molar-refractivity contribution is 6.31. The second-order valence-corrected chi connectivity index (χ2v) is 7.42. The SMILES string of the molecule is CCC(C)C(C)N1C(=O)c2ccc(C(=O)Nc3cc(Cl)ccc3O)cc2C1=O. The lowest BCUT2D eigenvalue weighted by molar-refractivity contribution is 0.0550. The molecule has 2 N–H and O–H groups in total. The Labute approximate surface area is 168 Å². The van der Waals surface area contributed by atoms with Crippen molar-refractivity contribution in [3.63, 3.8) is 0 Å². The van der Waals surface area contributed by atoms with Crippen molar-refractivity contribution in [2.75, 3.05) is 5.32 Å². The molecule has 0 radical (unpaired) electrons. The summed E-state index contributed by atoms with van der Waals surface area (Å²) in [5, 5.41) is 12.8. The highest BCUT2D eigenvalue weighted by Gasteiger charge is 2.40. The zero-order chi connectivity index (χ0) is 20.6. The first-order chi connectivity index (χ1) is 13.2. The lowest BCUT2D eigenvalue weighted by atomic mass is 9.99. The molecule has 0 bridgehead atoms. The Morgan fingerprint density at radius 2 is 1.79 bits per heavy atom. The second-order valence-electron chi connectivity index (χ2n) is 6.98. The molecule has 3 amide bonds. The first kappa shape index (κ1) is 19.9. The fourth-order valence-electron chi connectivity index (χ4n) is 3.17. The van der Waals surface area contributed by atoms with Crippen LogP contribution in [0.3, 0.4) is 0 Å². The minimum absolute atomic E-state index is 0.126. The van der Waals surface area contributed by atoms with E-state index in [0.717, 1.165) is 6.42 Å². The normalized spacial score (nSPS) is 15.4. The van der Waals surface area contributed by atoms with Crippen LogP contribution >= 0.6 is 11.6 Å². The van der Waals surface area contributed by atoms with Crippen molar-refractivity contribution >= 4 is 35.0 Å². The van der Waals surface area contributed by atoms with Gasteiger partial charge in [0.05, 0.1) is 16.8 Å².